The van der Waals surface area contributed by atoms with E-state index in [1.54, 1.807) is 24.3 Å². The summed E-state index contributed by atoms with van der Waals surface area (Å²) >= 11 is 0. The van der Waals surface area contributed by atoms with Crippen LogP contribution in [-0.4, -0.2) is 5.78 Å². The van der Waals surface area contributed by atoms with Gasteiger partial charge in [0.05, 0.1) is 11.1 Å². The van der Waals surface area contributed by atoms with Gasteiger partial charge in [0.2, 0.25) is 0 Å². The molecular weight excluding hydrogens is 274 g/mol. The smallest absolute Gasteiger partial charge is 0.200 e. The Hall–Kier alpha value is -2.49. The van der Waals surface area contributed by atoms with E-state index in [9.17, 15) is 13.6 Å². The molecule has 2 nitrogen and oxygen atoms in total. The lowest BCUT2D eigenvalue weighted by atomic mass is 9.99. The van der Waals surface area contributed by atoms with E-state index in [1.807, 2.05) is 6.92 Å². The number of aryl methyl sites for hydroxylation is 1. The third kappa shape index (κ3) is 2.13. The Morgan fingerprint density at radius 1 is 1.10 bits per heavy atom. The third-order valence-corrected chi connectivity index (χ3v) is 3.41. The van der Waals surface area contributed by atoms with Gasteiger partial charge in [-0.2, -0.15) is 0 Å². The van der Waals surface area contributed by atoms with Crippen LogP contribution in [0.4, 0.5) is 8.78 Å². The molecule has 0 aliphatic carbocycles. The first-order chi connectivity index (χ1) is 10.1. The summed E-state index contributed by atoms with van der Waals surface area (Å²) in [7, 11) is 0. The molecule has 1 heterocycles. The van der Waals surface area contributed by atoms with E-state index in [0.717, 1.165) is 6.07 Å². The lowest BCUT2D eigenvalue weighted by Crippen LogP contribution is -2.07. The van der Waals surface area contributed by atoms with Crippen molar-refractivity contribution in [1.29, 1.82) is 0 Å². The molecule has 3 rings (SSSR count). The van der Waals surface area contributed by atoms with Crippen molar-refractivity contribution in [1.82, 2.24) is 0 Å². The van der Waals surface area contributed by atoms with E-state index in [2.05, 4.69) is 0 Å². The predicted molar refractivity (Wildman–Crippen MR) is 75.4 cm³/mol. The quantitative estimate of drug-likeness (QED) is 0.663. The Balaban J connectivity index is 2.24. The number of benzene rings is 2. The van der Waals surface area contributed by atoms with Crippen LogP contribution in [0, 0.1) is 11.6 Å². The van der Waals surface area contributed by atoms with Crippen LogP contribution in [0.2, 0.25) is 0 Å². The van der Waals surface area contributed by atoms with Crippen molar-refractivity contribution in [3.05, 3.63) is 71.0 Å². The van der Waals surface area contributed by atoms with Gasteiger partial charge in [0.1, 0.15) is 11.3 Å². The maximum Gasteiger partial charge on any atom is 0.200 e. The molecule has 0 spiro atoms. The highest BCUT2D eigenvalue weighted by Gasteiger charge is 2.24. The fourth-order valence-electron chi connectivity index (χ4n) is 2.41. The lowest BCUT2D eigenvalue weighted by molar-refractivity contribution is 0.103. The number of halogens is 2. The molecule has 1 aromatic heterocycles. The minimum absolute atomic E-state index is 0.281. The Bertz CT molecular complexity index is 834. The second-order valence-electron chi connectivity index (χ2n) is 4.68. The monoisotopic (exact) mass is 286 g/mol. The minimum Gasteiger partial charge on any atom is -0.460 e. The molecule has 0 N–H and O–H groups in total. The molecule has 2 aromatic carbocycles. The second-order valence-corrected chi connectivity index (χ2v) is 4.68. The highest BCUT2D eigenvalue weighted by molar-refractivity contribution is 6.17. The van der Waals surface area contributed by atoms with Gasteiger partial charge in [0.25, 0.3) is 0 Å². The van der Waals surface area contributed by atoms with Gasteiger partial charge in [0.15, 0.2) is 17.4 Å². The number of rotatable bonds is 3. The van der Waals surface area contributed by atoms with E-state index < -0.39 is 17.4 Å². The maximum absolute atomic E-state index is 13.9. The van der Waals surface area contributed by atoms with Gasteiger partial charge in [-0.1, -0.05) is 31.2 Å². The molecule has 0 radical (unpaired) electrons. The third-order valence-electron chi connectivity index (χ3n) is 3.41. The number of carbonyl (C=O) groups excluding carboxylic acids is 1. The average molecular weight is 286 g/mol. The second kappa shape index (κ2) is 5.13. The maximum atomic E-state index is 13.9. The van der Waals surface area contributed by atoms with E-state index >= 15 is 0 Å². The van der Waals surface area contributed by atoms with Gasteiger partial charge in [-0.05, 0) is 18.2 Å². The molecule has 3 aromatic rings. The molecule has 0 saturated heterocycles. The van der Waals surface area contributed by atoms with Gasteiger partial charge in [-0.15, -0.1) is 0 Å². The number of para-hydroxylation sites is 1. The molecule has 0 fully saturated rings. The van der Waals surface area contributed by atoms with Gasteiger partial charge in [-0.3, -0.25) is 4.79 Å². The fourth-order valence-corrected chi connectivity index (χ4v) is 2.41. The molecule has 106 valence electrons. The normalized spacial score (nSPS) is 11.0. The van der Waals surface area contributed by atoms with Crippen molar-refractivity contribution in [2.24, 2.45) is 0 Å². The first kappa shape index (κ1) is 13.5. The molecule has 0 saturated carbocycles. The zero-order valence-electron chi connectivity index (χ0n) is 11.3. The van der Waals surface area contributed by atoms with E-state index in [-0.39, 0.29) is 5.56 Å². The van der Waals surface area contributed by atoms with Gasteiger partial charge in [-0.25, -0.2) is 8.78 Å². The summed E-state index contributed by atoms with van der Waals surface area (Å²) in [5, 5.41) is 0.614. The Labute approximate surface area is 120 Å². The van der Waals surface area contributed by atoms with Crippen molar-refractivity contribution in [3.8, 4) is 0 Å². The summed E-state index contributed by atoms with van der Waals surface area (Å²) in [5.74, 6) is -2.25. The predicted octanol–water partition coefficient (Wildman–Crippen LogP) is 4.50. The van der Waals surface area contributed by atoms with E-state index in [0.29, 0.717) is 28.7 Å². The van der Waals surface area contributed by atoms with Crippen LogP contribution in [0.25, 0.3) is 11.0 Å². The van der Waals surface area contributed by atoms with Crippen LogP contribution in [0.3, 0.4) is 0 Å². The SMILES string of the molecule is CCc1oc2ccccc2c1C(=O)c1cccc(F)c1F. The zero-order valence-corrected chi connectivity index (χ0v) is 11.3. The summed E-state index contributed by atoms with van der Waals surface area (Å²) in [6.45, 7) is 1.84. The zero-order chi connectivity index (χ0) is 15.0. The van der Waals surface area contributed by atoms with Crippen molar-refractivity contribution in [2.75, 3.05) is 0 Å². The number of carbonyl (C=O) groups is 1. The number of hydrogen-bond acceptors (Lipinski definition) is 2. The van der Waals surface area contributed by atoms with Crippen LogP contribution in [-0.2, 0) is 6.42 Å². The molecule has 0 amide bonds. The van der Waals surface area contributed by atoms with Crippen molar-refractivity contribution in [2.45, 2.75) is 13.3 Å². The summed E-state index contributed by atoms with van der Waals surface area (Å²) in [6, 6.07) is 10.6. The summed E-state index contributed by atoms with van der Waals surface area (Å²) in [4.78, 5) is 12.6. The summed E-state index contributed by atoms with van der Waals surface area (Å²) < 4.78 is 32.8. The molecule has 0 aliphatic rings. The number of fused-ring (bicyclic) bond motifs is 1. The van der Waals surface area contributed by atoms with Gasteiger partial charge in [0, 0.05) is 11.8 Å². The van der Waals surface area contributed by atoms with Gasteiger partial charge < -0.3 is 4.42 Å². The Morgan fingerprint density at radius 3 is 2.62 bits per heavy atom. The number of furan rings is 1. The lowest BCUT2D eigenvalue weighted by Gasteiger charge is -2.03. The topological polar surface area (TPSA) is 30.2 Å². The van der Waals surface area contributed by atoms with Crippen LogP contribution in [0.1, 0.15) is 28.6 Å². The van der Waals surface area contributed by atoms with Gasteiger partial charge >= 0.3 is 0 Å². The van der Waals surface area contributed by atoms with E-state index in [1.165, 1.54) is 12.1 Å². The number of ketones is 1. The molecule has 0 bridgehead atoms. The molecule has 0 atom stereocenters. The van der Waals surface area contributed by atoms with Crippen molar-refractivity contribution in [3.63, 3.8) is 0 Å². The largest absolute Gasteiger partial charge is 0.460 e. The summed E-state index contributed by atoms with van der Waals surface area (Å²) in [5.41, 5.74) is 0.586. The molecular formula is C17H12F2O2. The highest BCUT2D eigenvalue weighted by atomic mass is 19.2. The average Bonchev–Trinajstić information content (AvgIpc) is 2.88. The van der Waals surface area contributed by atoms with E-state index in [4.69, 9.17) is 4.42 Å². The highest BCUT2D eigenvalue weighted by Crippen LogP contribution is 2.29. The van der Waals surface area contributed by atoms with Crippen LogP contribution in [0.5, 0.6) is 0 Å². The molecule has 0 aliphatic heterocycles. The first-order valence-corrected chi connectivity index (χ1v) is 6.62. The minimum atomic E-state index is -1.13. The van der Waals surface area contributed by atoms with Crippen LogP contribution >= 0.6 is 0 Å². The van der Waals surface area contributed by atoms with Crippen LogP contribution < -0.4 is 0 Å². The molecule has 0 unspecified atom stereocenters. The fraction of sp³-hybridized carbons (Fsp3) is 0.118. The first-order valence-electron chi connectivity index (χ1n) is 6.62. The van der Waals surface area contributed by atoms with Crippen molar-refractivity contribution < 1.29 is 18.0 Å². The molecule has 21 heavy (non-hydrogen) atoms. The van der Waals surface area contributed by atoms with Crippen molar-refractivity contribution >= 4 is 16.8 Å². The van der Waals surface area contributed by atoms with Crippen LogP contribution in [0.15, 0.2) is 46.9 Å². The Kier molecular flexibility index (Phi) is 3.29. The summed E-state index contributed by atoms with van der Waals surface area (Å²) in [6.07, 6.45) is 0.493. The standard InChI is InChI=1S/C17H12F2O2/c1-2-13-15(10-6-3-4-9-14(10)21-13)17(20)11-7-5-8-12(18)16(11)19/h3-9H,2H2,1H3. The molecule has 4 heteroatoms. The number of hydrogen-bond donors (Lipinski definition) is 0. The Morgan fingerprint density at radius 2 is 1.86 bits per heavy atom.